The molecule has 1 unspecified atom stereocenters. The molecule has 0 saturated carbocycles. The summed E-state index contributed by atoms with van der Waals surface area (Å²) in [5.41, 5.74) is 1.70. The Bertz CT molecular complexity index is 598. The molecule has 2 rings (SSSR count). The molecule has 5 nitrogen and oxygen atoms in total. The Kier molecular flexibility index (Phi) is 3.99. The van der Waals surface area contributed by atoms with Gasteiger partial charge in [-0.25, -0.2) is 9.59 Å². The van der Waals surface area contributed by atoms with E-state index in [2.05, 4.69) is 5.32 Å². The number of esters is 1. The largest absolute Gasteiger partial charge is 0.466 e. The minimum absolute atomic E-state index is 0.278. The summed E-state index contributed by atoms with van der Waals surface area (Å²) in [5.74, 6) is -0.473. The fraction of sp³-hybridized carbons (Fsp3) is 0.286. The van der Waals surface area contributed by atoms with Gasteiger partial charge in [-0.3, -0.25) is 0 Å². The number of amides is 2. The number of hydrogen-bond donors (Lipinski definition) is 1. The fourth-order valence-electron chi connectivity index (χ4n) is 2.15. The predicted octanol–water partition coefficient (Wildman–Crippen LogP) is 2.48. The van der Waals surface area contributed by atoms with Crippen LogP contribution in [-0.4, -0.2) is 31.1 Å². The lowest BCUT2D eigenvalue weighted by Gasteiger charge is -2.33. The van der Waals surface area contributed by atoms with Crippen molar-refractivity contribution in [1.29, 1.82) is 0 Å². The van der Waals surface area contributed by atoms with Crippen LogP contribution in [0.15, 0.2) is 35.5 Å². The highest BCUT2D eigenvalue weighted by molar-refractivity contribution is 6.30. The highest BCUT2D eigenvalue weighted by Crippen LogP contribution is 2.31. The van der Waals surface area contributed by atoms with Crippen LogP contribution in [0.2, 0.25) is 5.02 Å². The van der Waals surface area contributed by atoms with Crippen molar-refractivity contribution in [2.45, 2.75) is 13.0 Å². The van der Waals surface area contributed by atoms with Gasteiger partial charge in [0.25, 0.3) is 0 Å². The van der Waals surface area contributed by atoms with E-state index in [1.54, 1.807) is 38.2 Å². The zero-order valence-electron chi connectivity index (χ0n) is 11.4. The molecule has 0 aromatic heterocycles. The summed E-state index contributed by atoms with van der Waals surface area (Å²) in [5, 5.41) is 3.31. The Morgan fingerprint density at radius 3 is 2.75 bits per heavy atom. The van der Waals surface area contributed by atoms with E-state index in [-0.39, 0.29) is 6.03 Å². The number of methoxy groups -OCH3 is 1. The monoisotopic (exact) mass is 294 g/mol. The van der Waals surface area contributed by atoms with Crippen molar-refractivity contribution in [1.82, 2.24) is 10.2 Å². The number of ether oxygens (including phenoxy) is 1. The second kappa shape index (κ2) is 5.54. The van der Waals surface area contributed by atoms with Crippen molar-refractivity contribution in [3.8, 4) is 0 Å². The Morgan fingerprint density at radius 1 is 1.45 bits per heavy atom. The molecule has 1 aliphatic rings. The van der Waals surface area contributed by atoms with E-state index in [0.717, 1.165) is 5.56 Å². The molecule has 20 heavy (non-hydrogen) atoms. The van der Waals surface area contributed by atoms with E-state index in [9.17, 15) is 9.59 Å². The van der Waals surface area contributed by atoms with E-state index in [1.165, 1.54) is 12.0 Å². The summed E-state index contributed by atoms with van der Waals surface area (Å²) in [7, 11) is 2.91. The summed E-state index contributed by atoms with van der Waals surface area (Å²) in [6.45, 7) is 1.71. The average molecular weight is 295 g/mol. The predicted molar refractivity (Wildman–Crippen MR) is 75.2 cm³/mol. The van der Waals surface area contributed by atoms with Crippen LogP contribution in [0.1, 0.15) is 18.5 Å². The molecule has 0 aliphatic carbocycles. The number of urea groups is 1. The molecule has 2 amide bonds. The van der Waals surface area contributed by atoms with Gasteiger partial charge in [0.1, 0.15) is 0 Å². The number of nitrogens with zero attached hydrogens (tertiary/aromatic N) is 1. The molecule has 0 saturated heterocycles. The van der Waals surface area contributed by atoms with Gasteiger partial charge in [0.15, 0.2) is 0 Å². The summed E-state index contributed by atoms with van der Waals surface area (Å²) in [6.07, 6.45) is 0. The number of nitrogens with one attached hydrogen (secondary N) is 1. The number of benzene rings is 1. The summed E-state index contributed by atoms with van der Waals surface area (Å²) in [6, 6.07) is 6.18. The summed E-state index contributed by atoms with van der Waals surface area (Å²) < 4.78 is 4.82. The standard InChI is InChI=1S/C14H15ClN2O3/c1-8-11(13(18)20-3)12(16-14(19)17(8)2)9-5-4-6-10(15)7-9/h4-7,12H,1-3H3,(H,16,19). The maximum atomic E-state index is 12.0. The zero-order chi connectivity index (χ0) is 14.9. The van der Waals surface area contributed by atoms with Gasteiger partial charge in [-0.1, -0.05) is 23.7 Å². The van der Waals surface area contributed by atoms with Gasteiger partial charge in [-0.2, -0.15) is 0 Å². The maximum Gasteiger partial charge on any atom is 0.337 e. The van der Waals surface area contributed by atoms with E-state index >= 15 is 0 Å². The Morgan fingerprint density at radius 2 is 2.15 bits per heavy atom. The smallest absolute Gasteiger partial charge is 0.337 e. The first kappa shape index (κ1) is 14.4. The minimum Gasteiger partial charge on any atom is -0.466 e. The first-order chi connectivity index (χ1) is 9.45. The first-order valence-corrected chi connectivity index (χ1v) is 6.42. The Hall–Kier alpha value is -2.01. The van der Waals surface area contributed by atoms with Crippen LogP contribution in [0.4, 0.5) is 4.79 Å². The Balaban J connectivity index is 2.55. The van der Waals surface area contributed by atoms with Crippen molar-refractivity contribution in [2.24, 2.45) is 0 Å². The lowest BCUT2D eigenvalue weighted by atomic mass is 9.95. The lowest BCUT2D eigenvalue weighted by molar-refractivity contribution is -0.136. The van der Waals surface area contributed by atoms with Crippen LogP contribution in [-0.2, 0) is 9.53 Å². The molecule has 0 bridgehead atoms. The van der Waals surface area contributed by atoms with Gasteiger partial charge >= 0.3 is 12.0 Å². The molecule has 0 radical (unpaired) electrons. The van der Waals surface area contributed by atoms with E-state index in [0.29, 0.717) is 16.3 Å². The quantitative estimate of drug-likeness (QED) is 0.853. The van der Waals surface area contributed by atoms with Crippen LogP contribution in [0, 0.1) is 0 Å². The molecule has 1 aliphatic heterocycles. The second-order valence-electron chi connectivity index (χ2n) is 4.49. The normalized spacial score (nSPS) is 18.9. The third-order valence-electron chi connectivity index (χ3n) is 3.34. The van der Waals surface area contributed by atoms with Gasteiger partial charge in [0, 0.05) is 17.8 Å². The first-order valence-electron chi connectivity index (χ1n) is 6.04. The molecule has 1 atom stereocenters. The number of carbonyl (C=O) groups is 2. The molecule has 106 valence electrons. The molecule has 0 fully saturated rings. The SMILES string of the molecule is COC(=O)C1=C(C)N(C)C(=O)NC1c1cccc(Cl)c1. The lowest BCUT2D eigenvalue weighted by Crippen LogP contribution is -2.46. The van der Waals surface area contributed by atoms with Crippen molar-refractivity contribution in [3.05, 3.63) is 46.1 Å². The topological polar surface area (TPSA) is 58.6 Å². The van der Waals surface area contributed by atoms with Gasteiger partial charge < -0.3 is 15.0 Å². The van der Waals surface area contributed by atoms with Crippen molar-refractivity contribution < 1.29 is 14.3 Å². The molecular weight excluding hydrogens is 280 g/mol. The maximum absolute atomic E-state index is 12.0. The molecule has 0 spiro atoms. The fourth-order valence-corrected chi connectivity index (χ4v) is 2.34. The summed E-state index contributed by atoms with van der Waals surface area (Å²) in [4.78, 5) is 25.3. The number of halogens is 1. The average Bonchev–Trinajstić information content (AvgIpc) is 2.43. The van der Waals surface area contributed by atoms with Gasteiger partial charge in [0.05, 0.1) is 18.7 Å². The zero-order valence-corrected chi connectivity index (χ0v) is 12.2. The molecule has 1 N–H and O–H groups in total. The number of allylic oxidation sites excluding steroid dienone is 1. The molecule has 6 heteroatoms. The highest BCUT2D eigenvalue weighted by Gasteiger charge is 2.34. The number of carbonyl (C=O) groups excluding carboxylic acids is 2. The summed E-state index contributed by atoms with van der Waals surface area (Å²) >= 11 is 5.97. The van der Waals surface area contributed by atoms with E-state index < -0.39 is 12.0 Å². The van der Waals surface area contributed by atoms with E-state index in [4.69, 9.17) is 16.3 Å². The number of rotatable bonds is 2. The minimum atomic E-state index is -0.565. The Labute approximate surface area is 122 Å². The highest BCUT2D eigenvalue weighted by atomic mass is 35.5. The third-order valence-corrected chi connectivity index (χ3v) is 3.58. The van der Waals surface area contributed by atoms with Crippen molar-refractivity contribution in [2.75, 3.05) is 14.2 Å². The molecule has 1 aromatic carbocycles. The van der Waals surface area contributed by atoms with Gasteiger partial charge in [-0.15, -0.1) is 0 Å². The number of hydrogen-bond acceptors (Lipinski definition) is 3. The molecule has 1 heterocycles. The molecule has 1 aromatic rings. The second-order valence-corrected chi connectivity index (χ2v) is 4.92. The van der Waals surface area contributed by atoms with Gasteiger partial charge in [-0.05, 0) is 24.6 Å². The van der Waals surface area contributed by atoms with Crippen LogP contribution in [0.25, 0.3) is 0 Å². The molecular formula is C14H15ClN2O3. The van der Waals surface area contributed by atoms with E-state index in [1.807, 2.05) is 0 Å². The van der Waals surface area contributed by atoms with Crippen LogP contribution in [0.3, 0.4) is 0 Å². The van der Waals surface area contributed by atoms with Crippen LogP contribution < -0.4 is 5.32 Å². The van der Waals surface area contributed by atoms with Crippen molar-refractivity contribution >= 4 is 23.6 Å². The van der Waals surface area contributed by atoms with Crippen molar-refractivity contribution in [3.63, 3.8) is 0 Å². The van der Waals surface area contributed by atoms with Crippen LogP contribution in [0.5, 0.6) is 0 Å². The van der Waals surface area contributed by atoms with Gasteiger partial charge in [0.2, 0.25) is 0 Å². The third kappa shape index (κ3) is 2.49. The van der Waals surface area contributed by atoms with Crippen LogP contribution >= 0.6 is 11.6 Å².